The van der Waals surface area contributed by atoms with E-state index in [0.29, 0.717) is 6.61 Å². The highest BCUT2D eigenvalue weighted by Crippen LogP contribution is 2.26. The van der Waals surface area contributed by atoms with Crippen LogP contribution >= 0.6 is 0 Å². The van der Waals surface area contributed by atoms with Crippen LogP contribution in [0.2, 0.25) is 0 Å². The molecule has 1 saturated heterocycles. The maximum Gasteiger partial charge on any atom is 0.217 e. The summed E-state index contributed by atoms with van der Waals surface area (Å²) in [4.78, 5) is 11.3. The van der Waals surface area contributed by atoms with Gasteiger partial charge in [-0.25, -0.2) is 0 Å². The molecule has 7 heteroatoms. The van der Waals surface area contributed by atoms with E-state index in [0.717, 1.165) is 0 Å². The fraction of sp³-hybridized carbons (Fsp3) is 0.917. The van der Waals surface area contributed by atoms with E-state index in [9.17, 15) is 4.79 Å². The predicted molar refractivity (Wildman–Crippen MR) is 66.7 cm³/mol. The number of rotatable bonds is 6. The molecule has 0 bridgehead atoms. The summed E-state index contributed by atoms with van der Waals surface area (Å²) >= 11 is 0. The van der Waals surface area contributed by atoms with Gasteiger partial charge in [-0.1, -0.05) is 0 Å². The number of carbonyl (C=O) groups is 1. The van der Waals surface area contributed by atoms with E-state index in [2.05, 4.69) is 5.32 Å². The van der Waals surface area contributed by atoms with Crippen molar-refractivity contribution in [2.75, 3.05) is 35.0 Å². The second-order valence-electron chi connectivity index (χ2n) is 4.36. The summed E-state index contributed by atoms with van der Waals surface area (Å²) in [6, 6.07) is -0.362. The maximum absolute atomic E-state index is 11.3. The molecule has 0 radical (unpaired) electrons. The van der Waals surface area contributed by atoms with Crippen LogP contribution < -0.4 is 5.32 Å². The molecule has 1 aliphatic heterocycles. The third-order valence-electron chi connectivity index (χ3n) is 3.13. The van der Waals surface area contributed by atoms with Crippen LogP contribution in [0.1, 0.15) is 6.92 Å². The van der Waals surface area contributed by atoms with Crippen LogP contribution in [0.15, 0.2) is 0 Å². The van der Waals surface area contributed by atoms with Gasteiger partial charge in [0.2, 0.25) is 5.91 Å². The van der Waals surface area contributed by atoms with Crippen molar-refractivity contribution in [2.24, 2.45) is 0 Å². The molecule has 5 atom stereocenters. The monoisotopic (exact) mass is 277 g/mol. The first-order valence-electron chi connectivity index (χ1n) is 6.08. The lowest BCUT2D eigenvalue weighted by Crippen LogP contribution is -2.65. The number of nitrogens with one attached hydrogen (secondary N) is 1. The molecule has 0 aromatic rings. The lowest BCUT2D eigenvalue weighted by atomic mass is 9.95. The van der Waals surface area contributed by atoms with Crippen molar-refractivity contribution in [2.45, 2.75) is 37.6 Å². The summed E-state index contributed by atoms with van der Waals surface area (Å²) in [7, 11) is 6.22. The summed E-state index contributed by atoms with van der Waals surface area (Å²) in [5, 5.41) is 2.82. The Bertz CT molecular complexity index is 287. The molecule has 0 saturated carbocycles. The van der Waals surface area contributed by atoms with Gasteiger partial charge in [-0.2, -0.15) is 0 Å². The molecular weight excluding hydrogens is 254 g/mol. The van der Waals surface area contributed by atoms with Crippen molar-refractivity contribution in [1.82, 2.24) is 5.32 Å². The molecular formula is C12H23NO6. The summed E-state index contributed by atoms with van der Waals surface area (Å²) in [5.41, 5.74) is 0. The molecule has 1 N–H and O–H groups in total. The normalized spacial score (nSPS) is 35.1. The van der Waals surface area contributed by atoms with Gasteiger partial charge in [0.15, 0.2) is 6.29 Å². The lowest BCUT2D eigenvalue weighted by molar-refractivity contribution is -0.281. The fourth-order valence-electron chi connectivity index (χ4n) is 2.34. The quantitative estimate of drug-likeness (QED) is 0.708. The molecule has 1 rings (SSSR count). The Kier molecular flexibility index (Phi) is 6.67. The molecule has 0 aliphatic carbocycles. The number of hydrogen-bond donors (Lipinski definition) is 1. The summed E-state index contributed by atoms with van der Waals surface area (Å²) in [6.45, 7) is 1.77. The third-order valence-corrected chi connectivity index (χ3v) is 3.13. The first-order chi connectivity index (χ1) is 9.08. The minimum Gasteiger partial charge on any atom is -0.382 e. The highest BCUT2D eigenvalue weighted by atomic mass is 16.7. The second kappa shape index (κ2) is 7.76. The zero-order chi connectivity index (χ0) is 14.4. The van der Waals surface area contributed by atoms with Gasteiger partial charge in [-0.15, -0.1) is 0 Å². The smallest absolute Gasteiger partial charge is 0.217 e. The van der Waals surface area contributed by atoms with Crippen LogP contribution in [0, 0.1) is 0 Å². The van der Waals surface area contributed by atoms with Gasteiger partial charge in [0.05, 0.1) is 12.6 Å². The van der Waals surface area contributed by atoms with Crippen molar-refractivity contribution in [3.63, 3.8) is 0 Å². The fourth-order valence-corrected chi connectivity index (χ4v) is 2.34. The van der Waals surface area contributed by atoms with E-state index in [-0.39, 0.29) is 24.2 Å². The number of hydrogen-bond acceptors (Lipinski definition) is 6. The SMILES string of the molecule is COC[C@H]1O[C@H](OC)[C@H](OC)[C@@H](OC)[C@H]1NC(C)=O. The second-order valence-corrected chi connectivity index (χ2v) is 4.36. The Morgan fingerprint density at radius 3 is 2.16 bits per heavy atom. The number of methoxy groups -OCH3 is 4. The van der Waals surface area contributed by atoms with Gasteiger partial charge in [0, 0.05) is 35.4 Å². The van der Waals surface area contributed by atoms with Gasteiger partial charge in [-0.05, 0) is 0 Å². The molecule has 1 aliphatic rings. The highest BCUT2D eigenvalue weighted by Gasteiger charge is 2.47. The molecule has 19 heavy (non-hydrogen) atoms. The number of carbonyl (C=O) groups excluding carboxylic acids is 1. The Hall–Kier alpha value is -0.730. The first kappa shape index (κ1) is 16.3. The van der Waals surface area contributed by atoms with E-state index < -0.39 is 12.4 Å². The molecule has 0 aromatic carbocycles. The molecule has 0 aromatic heterocycles. The first-order valence-corrected chi connectivity index (χ1v) is 6.08. The largest absolute Gasteiger partial charge is 0.382 e. The van der Waals surface area contributed by atoms with Crippen molar-refractivity contribution in [1.29, 1.82) is 0 Å². The number of ether oxygens (including phenoxy) is 5. The Morgan fingerprint density at radius 2 is 1.74 bits per heavy atom. The highest BCUT2D eigenvalue weighted by molar-refractivity contribution is 5.73. The van der Waals surface area contributed by atoms with E-state index in [1.807, 2.05) is 0 Å². The van der Waals surface area contributed by atoms with Crippen LogP contribution in [-0.2, 0) is 28.5 Å². The van der Waals surface area contributed by atoms with Crippen LogP contribution in [0.4, 0.5) is 0 Å². The summed E-state index contributed by atoms with van der Waals surface area (Å²) in [5.74, 6) is -0.164. The maximum atomic E-state index is 11.3. The van der Waals surface area contributed by atoms with E-state index in [4.69, 9.17) is 23.7 Å². The van der Waals surface area contributed by atoms with Crippen LogP contribution in [0.25, 0.3) is 0 Å². The third kappa shape index (κ3) is 3.87. The summed E-state index contributed by atoms with van der Waals surface area (Å²) < 4.78 is 27.0. The van der Waals surface area contributed by atoms with Gasteiger partial charge in [0.25, 0.3) is 0 Å². The molecule has 112 valence electrons. The topological polar surface area (TPSA) is 75.2 Å². The van der Waals surface area contributed by atoms with Crippen molar-refractivity contribution in [3.8, 4) is 0 Å². The van der Waals surface area contributed by atoms with E-state index >= 15 is 0 Å². The molecule has 7 nitrogen and oxygen atoms in total. The van der Waals surface area contributed by atoms with Gasteiger partial charge < -0.3 is 29.0 Å². The standard InChI is InChI=1S/C12H23NO6/c1-7(14)13-9-8(6-15-2)19-12(18-5)11(17-4)10(9)16-3/h8-12H,6H2,1-5H3,(H,13,14)/t8-,9+,10+,11-,12+/m1/s1. The average molecular weight is 277 g/mol. The molecule has 1 amide bonds. The minimum atomic E-state index is -0.569. The van der Waals surface area contributed by atoms with E-state index in [1.165, 1.54) is 14.0 Å². The molecule has 0 unspecified atom stereocenters. The van der Waals surface area contributed by atoms with Crippen molar-refractivity contribution < 1.29 is 28.5 Å². The minimum absolute atomic E-state index is 0.164. The predicted octanol–water partition coefficient (Wildman–Crippen LogP) is -0.461. The zero-order valence-corrected chi connectivity index (χ0v) is 12.0. The lowest BCUT2D eigenvalue weighted by Gasteiger charge is -2.44. The number of amides is 1. The molecule has 1 fully saturated rings. The van der Waals surface area contributed by atoms with Crippen LogP contribution in [0.5, 0.6) is 0 Å². The molecule has 1 heterocycles. The van der Waals surface area contributed by atoms with Crippen molar-refractivity contribution in [3.05, 3.63) is 0 Å². The van der Waals surface area contributed by atoms with Gasteiger partial charge in [-0.3, -0.25) is 4.79 Å². The summed E-state index contributed by atoms with van der Waals surface area (Å²) in [6.07, 6.45) is -1.75. The Morgan fingerprint density at radius 1 is 1.11 bits per heavy atom. The zero-order valence-electron chi connectivity index (χ0n) is 12.0. The van der Waals surface area contributed by atoms with E-state index in [1.54, 1.807) is 21.3 Å². The van der Waals surface area contributed by atoms with Crippen LogP contribution in [0.3, 0.4) is 0 Å². The van der Waals surface area contributed by atoms with Gasteiger partial charge >= 0.3 is 0 Å². The Labute approximate surface area is 113 Å². The van der Waals surface area contributed by atoms with Gasteiger partial charge in [0.1, 0.15) is 18.3 Å². The van der Waals surface area contributed by atoms with Crippen LogP contribution in [-0.4, -0.2) is 71.6 Å². The average Bonchev–Trinajstić information content (AvgIpc) is 2.39. The Balaban J connectivity index is 2.94. The molecule has 0 spiro atoms. The van der Waals surface area contributed by atoms with Crippen molar-refractivity contribution >= 4 is 5.91 Å².